The van der Waals surface area contributed by atoms with E-state index in [1.54, 1.807) is 23.9 Å². The summed E-state index contributed by atoms with van der Waals surface area (Å²) < 4.78 is 7.57. The van der Waals surface area contributed by atoms with E-state index in [1.807, 2.05) is 13.1 Å². The molecule has 0 saturated carbocycles. The molecular formula is C11H11BrN2O2. The van der Waals surface area contributed by atoms with Crippen LogP contribution in [0, 0.1) is 0 Å². The van der Waals surface area contributed by atoms with Gasteiger partial charge < -0.3 is 4.74 Å². The summed E-state index contributed by atoms with van der Waals surface area (Å²) in [6, 6.07) is 3.67. The number of hydrogen-bond donors (Lipinski definition) is 0. The van der Waals surface area contributed by atoms with Crippen molar-refractivity contribution >= 4 is 32.8 Å². The highest BCUT2D eigenvalue weighted by Gasteiger charge is 2.14. The zero-order valence-electron chi connectivity index (χ0n) is 9.03. The molecule has 4 nitrogen and oxygen atoms in total. The Morgan fingerprint density at radius 3 is 3.00 bits per heavy atom. The van der Waals surface area contributed by atoms with Crippen molar-refractivity contribution in [1.82, 2.24) is 9.78 Å². The van der Waals surface area contributed by atoms with E-state index in [9.17, 15) is 4.79 Å². The number of esters is 1. The van der Waals surface area contributed by atoms with Crippen LogP contribution in [0.1, 0.15) is 17.3 Å². The van der Waals surface area contributed by atoms with Gasteiger partial charge in [-0.05, 0) is 19.1 Å². The average Bonchev–Trinajstić information content (AvgIpc) is 2.60. The zero-order valence-corrected chi connectivity index (χ0v) is 10.6. The summed E-state index contributed by atoms with van der Waals surface area (Å²) in [6.07, 6.45) is 1.67. The Balaban J connectivity index is 2.64. The number of benzene rings is 1. The average molecular weight is 283 g/mol. The monoisotopic (exact) mass is 282 g/mol. The maximum atomic E-state index is 11.7. The van der Waals surface area contributed by atoms with E-state index in [4.69, 9.17) is 4.74 Å². The van der Waals surface area contributed by atoms with Gasteiger partial charge in [0.1, 0.15) is 0 Å². The number of nitrogens with zero attached hydrogens (tertiary/aromatic N) is 2. The topological polar surface area (TPSA) is 44.1 Å². The molecule has 5 heteroatoms. The largest absolute Gasteiger partial charge is 0.462 e. The van der Waals surface area contributed by atoms with Gasteiger partial charge in [0.25, 0.3) is 0 Å². The fourth-order valence-electron chi connectivity index (χ4n) is 1.59. The van der Waals surface area contributed by atoms with E-state index >= 15 is 0 Å². The third-order valence-corrected chi connectivity index (χ3v) is 2.78. The van der Waals surface area contributed by atoms with E-state index in [0.717, 1.165) is 15.4 Å². The van der Waals surface area contributed by atoms with Crippen molar-refractivity contribution in [3.05, 3.63) is 28.4 Å². The highest BCUT2D eigenvalue weighted by molar-refractivity contribution is 9.10. The molecule has 0 saturated heterocycles. The Morgan fingerprint density at radius 1 is 1.56 bits per heavy atom. The number of aromatic nitrogens is 2. The molecule has 0 spiro atoms. The van der Waals surface area contributed by atoms with Crippen LogP contribution < -0.4 is 0 Å². The Bertz CT molecular complexity index is 548. The molecule has 0 amide bonds. The lowest BCUT2D eigenvalue weighted by Crippen LogP contribution is -2.05. The molecule has 2 rings (SSSR count). The van der Waals surface area contributed by atoms with E-state index in [2.05, 4.69) is 21.0 Å². The molecule has 0 unspecified atom stereocenters. The SMILES string of the molecule is CCOC(=O)c1cc(Br)cc2c1cnn2C. The molecule has 2 aromatic rings. The van der Waals surface area contributed by atoms with Crippen molar-refractivity contribution in [3.63, 3.8) is 0 Å². The van der Waals surface area contributed by atoms with Gasteiger partial charge in [0.2, 0.25) is 0 Å². The predicted octanol–water partition coefficient (Wildman–Crippen LogP) is 2.51. The summed E-state index contributed by atoms with van der Waals surface area (Å²) in [6.45, 7) is 2.16. The second kappa shape index (κ2) is 4.25. The maximum Gasteiger partial charge on any atom is 0.338 e. The summed E-state index contributed by atoms with van der Waals surface area (Å²) in [5.74, 6) is -0.318. The van der Waals surface area contributed by atoms with Crippen LogP contribution in [0.15, 0.2) is 22.8 Å². The van der Waals surface area contributed by atoms with E-state index in [0.29, 0.717) is 12.2 Å². The number of carbonyl (C=O) groups is 1. The Hall–Kier alpha value is -1.36. The summed E-state index contributed by atoms with van der Waals surface area (Å²) in [4.78, 5) is 11.7. The third kappa shape index (κ3) is 1.82. The van der Waals surface area contributed by atoms with Crippen LogP contribution in [0.4, 0.5) is 0 Å². The normalized spacial score (nSPS) is 10.7. The Morgan fingerprint density at radius 2 is 2.31 bits per heavy atom. The van der Waals surface area contributed by atoms with Crippen LogP contribution in [0.5, 0.6) is 0 Å². The summed E-state index contributed by atoms with van der Waals surface area (Å²) in [5.41, 5.74) is 1.44. The first-order valence-electron chi connectivity index (χ1n) is 4.92. The highest BCUT2D eigenvalue weighted by atomic mass is 79.9. The zero-order chi connectivity index (χ0) is 11.7. The van der Waals surface area contributed by atoms with Crippen LogP contribution in [0.25, 0.3) is 10.9 Å². The Labute approximate surface area is 101 Å². The standard InChI is InChI=1S/C11H11BrN2O2/c1-3-16-11(15)8-4-7(12)5-10-9(8)6-13-14(10)2/h4-6H,3H2,1-2H3. The van der Waals surface area contributed by atoms with E-state index in [-0.39, 0.29) is 5.97 Å². The molecule has 0 aliphatic rings. The van der Waals surface area contributed by atoms with Gasteiger partial charge in [0.05, 0.1) is 23.9 Å². The minimum absolute atomic E-state index is 0.318. The lowest BCUT2D eigenvalue weighted by Gasteiger charge is -2.04. The molecule has 0 fully saturated rings. The number of hydrogen-bond acceptors (Lipinski definition) is 3. The van der Waals surface area contributed by atoms with Gasteiger partial charge in [-0.15, -0.1) is 0 Å². The molecule has 0 aliphatic heterocycles. The molecule has 0 radical (unpaired) electrons. The quantitative estimate of drug-likeness (QED) is 0.795. The smallest absolute Gasteiger partial charge is 0.338 e. The molecule has 1 aromatic carbocycles. The van der Waals surface area contributed by atoms with Gasteiger partial charge in [-0.25, -0.2) is 4.79 Å². The predicted molar refractivity (Wildman–Crippen MR) is 64.4 cm³/mol. The van der Waals surface area contributed by atoms with E-state index < -0.39 is 0 Å². The van der Waals surface area contributed by atoms with Crippen molar-refractivity contribution in [2.75, 3.05) is 6.61 Å². The minimum Gasteiger partial charge on any atom is -0.462 e. The van der Waals surface area contributed by atoms with Crippen molar-refractivity contribution in [2.45, 2.75) is 6.92 Å². The van der Waals surface area contributed by atoms with Crippen LogP contribution in [0.2, 0.25) is 0 Å². The molecular weight excluding hydrogens is 272 g/mol. The van der Waals surface area contributed by atoms with Crippen molar-refractivity contribution in [3.8, 4) is 0 Å². The first kappa shape index (κ1) is 11.1. The van der Waals surface area contributed by atoms with Gasteiger partial charge in [-0.1, -0.05) is 15.9 Å². The van der Waals surface area contributed by atoms with Gasteiger partial charge in [-0.2, -0.15) is 5.10 Å². The molecule has 0 atom stereocenters. The second-order valence-electron chi connectivity index (χ2n) is 3.37. The van der Waals surface area contributed by atoms with Crippen LogP contribution >= 0.6 is 15.9 Å². The van der Waals surface area contributed by atoms with Crippen molar-refractivity contribution in [1.29, 1.82) is 0 Å². The van der Waals surface area contributed by atoms with Gasteiger partial charge in [0, 0.05) is 16.9 Å². The third-order valence-electron chi connectivity index (χ3n) is 2.33. The first-order chi connectivity index (χ1) is 7.63. The number of ether oxygens (including phenoxy) is 1. The van der Waals surface area contributed by atoms with Crippen LogP contribution in [0.3, 0.4) is 0 Å². The number of halogens is 1. The number of rotatable bonds is 2. The second-order valence-corrected chi connectivity index (χ2v) is 4.29. The van der Waals surface area contributed by atoms with Gasteiger partial charge in [-0.3, -0.25) is 4.68 Å². The summed E-state index contributed by atoms with van der Waals surface area (Å²) >= 11 is 3.37. The molecule has 0 bridgehead atoms. The lowest BCUT2D eigenvalue weighted by atomic mass is 10.1. The fourth-order valence-corrected chi connectivity index (χ4v) is 2.04. The molecule has 84 valence electrons. The summed E-state index contributed by atoms with van der Waals surface area (Å²) in [5, 5.41) is 4.94. The molecule has 1 heterocycles. The van der Waals surface area contributed by atoms with Crippen molar-refractivity contribution in [2.24, 2.45) is 7.05 Å². The van der Waals surface area contributed by atoms with Gasteiger partial charge >= 0.3 is 5.97 Å². The van der Waals surface area contributed by atoms with E-state index in [1.165, 1.54) is 0 Å². The minimum atomic E-state index is -0.318. The van der Waals surface area contributed by atoms with Crippen LogP contribution in [-0.2, 0) is 11.8 Å². The number of fused-ring (bicyclic) bond motifs is 1. The molecule has 0 aliphatic carbocycles. The fraction of sp³-hybridized carbons (Fsp3) is 0.273. The molecule has 16 heavy (non-hydrogen) atoms. The van der Waals surface area contributed by atoms with Gasteiger partial charge in [0.15, 0.2) is 0 Å². The molecule has 1 aromatic heterocycles. The lowest BCUT2D eigenvalue weighted by molar-refractivity contribution is 0.0528. The highest BCUT2D eigenvalue weighted by Crippen LogP contribution is 2.24. The maximum absolute atomic E-state index is 11.7. The Kier molecular flexibility index (Phi) is 2.96. The molecule has 0 N–H and O–H groups in total. The number of carbonyl (C=O) groups excluding carboxylic acids is 1. The van der Waals surface area contributed by atoms with Crippen LogP contribution in [-0.4, -0.2) is 22.4 Å². The number of aryl methyl sites for hydroxylation is 1. The summed E-state index contributed by atoms with van der Waals surface area (Å²) in [7, 11) is 1.84. The first-order valence-corrected chi connectivity index (χ1v) is 5.71. The van der Waals surface area contributed by atoms with Crippen molar-refractivity contribution < 1.29 is 9.53 Å².